The topological polar surface area (TPSA) is 70.2 Å². The first-order valence-electron chi connectivity index (χ1n) is 8.52. The molecule has 8 heteroatoms. The highest BCUT2D eigenvalue weighted by atomic mass is 35.5. The molecule has 0 N–H and O–H groups in total. The molecular weight excluding hydrogens is 401 g/mol. The van der Waals surface area contributed by atoms with Crippen LogP contribution in [-0.2, 0) is 17.9 Å². The summed E-state index contributed by atoms with van der Waals surface area (Å²) in [5.41, 5.74) is 1.92. The predicted molar refractivity (Wildman–Crippen MR) is 106 cm³/mol. The summed E-state index contributed by atoms with van der Waals surface area (Å²) >= 11 is 12.4. The van der Waals surface area contributed by atoms with Crippen molar-refractivity contribution >= 4 is 34.2 Å². The van der Waals surface area contributed by atoms with Crippen molar-refractivity contribution in [3.05, 3.63) is 92.5 Å². The fourth-order valence-electron chi connectivity index (χ4n) is 2.91. The number of rotatable bonds is 6. The van der Waals surface area contributed by atoms with Crippen molar-refractivity contribution in [3.8, 4) is 0 Å². The molecule has 0 saturated heterocycles. The minimum atomic E-state index is -0.373. The van der Waals surface area contributed by atoms with E-state index in [1.54, 1.807) is 41.3 Å². The molecule has 6 nitrogen and oxygen atoms in total. The van der Waals surface area contributed by atoms with Crippen LogP contribution < -0.4 is 5.63 Å². The molecule has 0 bridgehead atoms. The molecule has 2 aromatic heterocycles. The Morgan fingerprint density at radius 1 is 1.11 bits per heavy atom. The van der Waals surface area contributed by atoms with E-state index in [9.17, 15) is 4.79 Å². The highest BCUT2D eigenvalue weighted by Crippen LogP contribution is 2.30. The molecule has 142 valence electrons. The Hall–Kier alpha value is -2.67. The summed E-state index contributed by atoms with van der Waals surface area (Å²) in [6.45, 7) is 0.789. The van der Waals surface area contributed by atoms with Crippen LogP contribution in [0.25, 0.3) is 11.0 Å². The maximum Gasteiger partial charge on any atom is 0.336 e. The van der Waals surface area contributed by atoms with Gasteiger partial charge in [0.05, 0.1) is 19.3 Å². The van der Waals surface area contributed by atoms with Gasteiger partial charge >= 0.3 is 5.63 Å². The molecule has 0 aliphatic heterocycles. The van der Waals surface area contributed by atoms with E-state index < -0.39 is 0 Å². The molecular formula is C20H15Cl2N3O3. The summed E-state index contributed by atoms with van der Waals surface area (Å²) in [6, 6.07) is 14.0. The summed E-state index contributed by atoms with van der Waals surface area (Å²) in [6.07, 6.45) is 3.02. The van der Waals surface area contributed by atoms with Crippen LogP contribution in [0.15, 0.2) is 70.1 Å². The molecule has 4 aromatic rings. The van der Waals surface area contributed by atoms with E-state index in [-0.39, 0.29) is 11.7 Å². The summed E-state index contributed by atoms with van der Waals surface area (Å²) in [4.78, 5) is 11.3. The van der Waals surface area contributed by atoms with Crippen LogP contribution in [-0.4, -0.2) is 15.0 Å². The van der Waals surface area contributed by atoms with Crippen LogP contribution in [0.3, 0.4) is 0 Å². The summed E-state index contributed by atoms with van der Waals surface area (Å²) < 4.78 is 13.0. The van der Waals surface area contributed by atoms with E-state index in [1.807, 2.05) is 18.2 Å². The third kappa shape index (κ3) is 4.25. The standard InChI is InChI=1S/C20H15Cl2N3O3/c21-15-3-4-16(17(22)10-15)19(11-25-8-7-23-24-25)27-12-13-1-5-18-14(9-13)2-6-20(26)28-18/h1-10,19H,11-12H2. The molecule has 4 rings (SSSR count). The first kappa shape index (κ1) is 18.7. The monoisotopic (exact) mass is 415 g/mol. The molecule has 0 saturated carbocycles. The average molecular weight is 416 g/mol. The van der Waals surface area contributed by atoms with Crippen molar-refractivity contribution in [2.75, 3.05) is 0 Å². The second kappa shape index (κ2) is 8.14. The third-order valence-electron chi connectivity index (χ3n) is 4.27. The van der Waals surface area contributed by atoms with Crippen LogP contribution in [0.5, 0.6) is 0 Å². The van der Waals surface area contributed by atoms with Crippen LogP contribution in [0, 0.1) is 0 Å². The smallest absolute Gasteiger partial charge is 0.336 e. The lowest BCUT2D eigenvalue weighted by Gasteiger charge is -2.20. The normalized spacial score (nSPS) is 12.4. The van der Waals surface area contributed by atoms with Gasteiger partial charge < -0.3 is 9.15 Å². The molecule has 1 unspecified atom stereocenters. The minimum Gasteiger partial charge on any atom is -0.423 e. The van der Waals surface area contributed by atoms with E-state index in [0.717, 1.165) is 16.5 Å². The Morgan fingerprint density at radius 3 is 2.79 bits per heavy atom. The Morgan fingerprint density at radius 2 is 2.00 bits per heavy atom. The molecule has 0 aliphatic carbocycles. The number of ether oxygens (including phenoxy) is 1. The number of halogens is 2. The van der Waals surface area contributed by atoms with E-state index in [0.29, 0.717) is 28.8 Å². The van der Waals surface area contributed by atoms with Gasteiger partial charge in [-0.1, -0.05) is 40.5 Å². The second-order valence-corrected chi connectivity index (χ2v) is 7.06. The number of hydrogen-bond acceptors (Lipinski definition) is 5. The van der Waals surface area contributed by atoms with Crippen molar-refractivity contribution < 1.29 is 9.15 Å². The van der Waals surface area contributed by atoms with Crippen molar-refractivity contribution in [1.29, 1.82) is 0 Å². The average Bonchev–Trinajstić information content (AvgIpc) is 3.18. The Labute approximate surface area is 170 Å². The van der Waals surface area contributed by atoms with Gasteiger partial charge in [0.2, 0.25) is 0 Å². The first-order chi connectivity index (χ1) is 13.6. The lowest BCUT2D eigenvalue weighted by molar-refractivity contribution is 0.0255. The summed E-state index contributed by atoms with van der Waals surface area (Å²) in [7, 11) is 0. The van der Waals surface area contributed by atoms with Gasteiger partial charge in [0.25, 0.3) is 0 Å². The van der Waals surface area contributed by atoms with E-state index in [1.165, 1.54) is 6.07 Å². The van der Waals surface area contributed by atoms with E-state index >= 15 is 0 Å². The van der Waals surface area contributed by atoms with Crippen LogP contribution in [0.4, 0.5) is 0 Å². The quantitative estimate of drug-likeness (QED) is 0.428. The maximum atomic E-state index is 11.3. The molecule has 2 heterocycles. The van der Waals surface area contributed by atoms with E-state index in [2.05, 4.69) is 10.3 Å². The predicted octanol–water partition coefficient (Wildman–Crippen LogP) is 4.65. The molecule has 0 amide bonds. The highest BCUT2D eigenvalue weighted by molar-refractivity contribution is 6.35. The summed E-state index contributed by atoms with van der Waals surface area (Å²) in [5, 5.41) is 9.76. The van der Waals surface area contributed by atoms with Gasteiger partial charge in [0.15, 0.2) is 0 Å². The molecule has 1 atom stereocenters. The molecule has 0 aliphatic rings. The van der Waals surface area contributed by atoms with Crippen LogP contribution >= 0.6 is 23.2 Å². The minimum absolute atomic E-state index is 0.341. The lowest BCUT2D eigenvalue weighted by atomic mass is 10.1. The van der Waals surface area contributed by atoms with Crippen LogP contribution in [0.1, 0.15) is 17.2 Å². The van der Waals surface area contributed by atoms with Crippen LogP contribution in [0.2, 0.25) is 10.0 Å². The Balaban J connectivity index is 1.58. The molecule has 0 fully saturated rings. The van der Waals surface area contributed by atoms with Gasteiger partial charge in [-0.25, -0.2) is 9.48 Å². The zero-order chi connectivity index (χ0) is 19.5. The fourth-order valence-corrected chi connectivity index (χ4v) is 3.44. The zero-order valence-corrected chi connectivity index (χ0v) is 16.1. The largest absolute Gasteiger partial charge is 0.423 e. The number of benzene rings is 2. The van der Waals surface area contributed by atoms with Crippen molar-refractivity contribution in [2.24, 2.45) is 0 Å². The number of hydrogen-bond donors (Lipinski definition) is 0. The maximum absolute atomic E-state index is 11.3. The number of nitrogens with zero attached hydrogens (tertiary/aromatic N) is 3. The lowest BCUT2D eigenvalue weighted by Crippen LogP contribution is -2.14. The van der Waals surface area contributed by atoms with Gasteiger partial charge in [-0.3, -0.25) is 0 Å². The zero-order valence-electron chi connectivity index (χ0n) is 14.6. The molecule has 2 aromatic carbocycles. The van der Waals surface area contributed by atoms with E-state index in [4.69, 9.17) is 32.4 Å². The van der Waals surface area contributed by atoms with Crippen molar-refractivity contribution in [3.63, 3.8) is 0 Å². The molecule has 0 radical (unpaired) electrons. The number of fused-ring (bicyclic) bond motifs is 1. The van der Waals surface area contributed by atoms with Gasteiger partial charge in [0, 0.05) is 33.3 Å². The fraction of sp³-hybridized carbons (Fsp3) is 0.150. The van der Waals surface area contributed by atoms with Crippen molar-refractivity contribution in [1.82, 2.24) is 15.0 Å². The van der Waals surface area contributed by atoms with Crippen molar-refractivity contribution in [2.45, 2.75) is 19.3 Å². The SMILES string of the molecule is O=c1ccc2cc(COC(Cn3ccnn3)c3ccc(Cl)cc3Cl)ccc2o1. The summed E-state index contributed by atoms with van der Waals surface area (Å²) in [5.74, 6) is 0. The molecule has 28 heavy (non-hydrogen) atoms. The first-order valence-corrected chi connectivity index (χ1v) is 9.27. The van der Waals surface area contributed by atoms with Gasteiger partial charge in [0.1, 0.15) is 11.7 Å². The third-order valence-corrected chi connectivity index (χ3v) is 4.83. The second-order valence-electron chi connectivity index (χ2n) is 6.22. The molecule has 0 spiro atoms. The van der Waals surface area contributed by atoms with Gasteiger partial charge in [-0.2, -0.15) is 0 Å². The Kier molecular flexibility index (Phi) is 5.43. The highest BCUT2D eigenvalue weighted by Gasteiger charge is 2.17. The number of aromatic nitrogens is 3. The van der Waals surface area contributed by atoms with Gasteiger partial charge in [-0.15, -0.1) is 5.10 Å². The van der Waals surface area contributed by atoms with Gasteiger partial charge in [-0.05, 0) is 35.9 Å². The Bertz CT molecular complexity index is 1160.